The zero-order valence-corrected chi connectivity index (χ0v) is 15.9. The second kappa shape index (κ2) is 8.93. The number of hydrogen-bond acceptors (Lipinski definition) is 2. The molecule has 0 unspecified atom stereocenters. The Labute approximate surface area is 150 Å². The number of thioether (sulfide) groups is 1. The third-order valence-electron chi connectivity index (χ3n) is 4.01. The zero-order chi connectivity index (χ0) is 17.5. The van der Waals surface area contributed by atoms with E-state index in [0.717, 1.165) is 12.2 Å². The van der Waals surface area contributed by atoms with Crippen molar-refractivity contribution in [2.75, 3.05) is 5.75 Å². The Hall–Kier alpha value is -1.74. The molecule has 2 nitrogen and oxygen atoms in total. The second-order valence-corrected chi connectivity index (χ2v) is 7.41. The fraction of sp³-hybridized carbons (Fsp3) is 0.381. The van der Waals surface area contributed by atoms with Gasteiger partial charge in [0.15, 0.2) is 0 Å². The largest absolute Gasteiger partial charge is 0.349 e. The van der Waals surface area contributed by atoms with Gasteiger partial charge in [-0.15, -0.1) is 11.8 Å². The summed E-state index contributed by atoms with van der Waals surface area (Å²) in [6.45, 7) is 8.41. The van der Waals surface area contributed by atoms with Crippen LogP contribution < -0.4 is 5.32 Å². The molecule has 0 bridgehead atoms. The standard InChI is InChI=1S/C21H27NOS/c1-5-20(19-8-6-15(2)7-9-19)22-21(23)14-24-13-18-11-16(3)10-17(4)12-18/h6-12,20H,5,13-14H2,1-4H3,(H,22,23)/t20-/m1/s1. The number of carbonyl (C=O) groups is 1. The maximum atomic E-state index is 12.2. The van der Waals surface area contributed by atoms with E-state index in [2.05, 4.69) is 75.5 Å². The third-order valence-corrected chi connectivity index (χ3v) is 5.01. The molecule has 3 heteroatoms. The van der Waals surface area contributed by atoms with Crippen LogP contribution in [0.25, 0.3) is 0 Å². The van der Waals surface area contributed by atoms with Gasteiger partial charge in [-0.05, 0) is 38.3 Å². The fourth-order valence-corrected chi connectivity index (χ4v) is 3.64. The van der Waals surface area contributed by atoms with Gasteiger partial charge in [0.05, 0.1) is 11.8 Å². The van der Waals surface area contributed by atoms with Crippen LogP contribution in [0.3, 0.4) is 0 Å². The minimum absolute atomic E-state index is 0.0971. The van der Waals surface area contributed by atoms with Gasteiger partial charge in [0.25, 0.3) is 0 Å². The molecule has 0 aliphatic heterocycles. The Morgan fingerprint density at radius 2 is 1.62 bits per heavy atom. The van der Waals surface area contributed by atoms with Crippen molar-refractivity contribution in [3.05, 3.63) is 70.3 Å². The smallest absolute Gasteiger partial charge is 0.230 e. The normalized spacial score (nSPS) is 12.0. The summed E-state index contributed by atoms with van der Waals surface area (Å²) in [4.78, 5) is 12.2. The van der Waals surface area contributed by atoms with Crippen LogP contribution in [-0.2, 0) is 10.5 Å². The summed E-state index contributed by atoms with van der Waals surface area (Å²) in [7, 11) is 0. The van der Waals surface area contributed by atoms with Crippen LogP contribution in [-0.4, -0.2) is 11.7 Å². The van der Waals surface area contributed by atoms with Crippen molar-refractivity contribution in [1.82, 2.24) is 5.32 Å². The van der Waals surface area contributed by atoms with Crippen LogP contribution in [0.1, 0.15) is 47.2 Å². The van der Waals surface area contributed by atoms with E-state index >= 15 is 0 Å². The minimum atomic E-state index is 0.0971. The molecule has 2 aromatic rings. The first-order valence-electron chi connectivity index (χ1n) is 8.48. The van der Waals surface area contributed by atoms with E-state index < -0.39 is 0 Å². The van der Waals surface area contributed by atoms with Gasteiger partial charge in [0, 0.05) is 5.75 Å². The van der Waals surface area contributed by atoms with Gasteiger partial charge in [0.2, 0.25) is 5.91 Å². The first-order valence-corrected chi connectivity index (χ1v) is 9.64. The molecule has 0 aromatic heterocycles. The number of nitrogens with one attached hydrogen (secondary N) is 1. The van der Waals surface area contributed by atoms with E-state index in [1.54, 1.807) is 11.8 Å². The molecule has 0 aliphatic rings. The molecule has 0 saturated heterocycles. The van der Waals surface area contributed by atoms with Gasteiger partial charge in [-0.2, -0.15) is 0 Å². The molecule has 0 radical (unpaired) electrons. The first-order chi connectivity index (χ1) is 11.5. The van der Waals surface area contributed by atoms with Crippen LogP contribution >= 0.6 is 11.8 Å². The molecule has 0 fully saturated rings. The lowest BCUT2D eigenvalue weighted by Crippen LogP contribution is -2.29. The Kier molecular flexibility index (Phi) is 6.92. The van der Waals surface area contributed by atoms with Crippen molar-refractivity contribution >= 4 is 17.7 Å². The lowest BCUT2D eigenvalue weighted by Gasteiger charge is -2.17. The van der Waals surface area contributed by atoms with Crippen molar-refractivity contribution in [1.29, 1.82) is 0 Å². The maximum absolute atomic E-state index is 12.2. The lowest BCUT2D eigenvalue weighted by molar-refractivity contribution is -0.119. The number of amides is 1. The number of rotatable bonds is 7. The molecule has 0 aliphatic carbocycles. The van der Waals surface area contributed by atoms with Crippen LogP contribution in [0.2, 0.25) is 0 Å². The molecule has 2 aromatic carbocycles. The Balaban J connectivity index is 1.84. The molecule has 0 heterocycles. The predicted molar refractivity (Wildman–Crippen MR) is 104 cm³/mol. The summed E-state index contributed by atoms with van der Waals surface area (Å²) < 4.78 is 0. The molecular formula is C21H27NOS. The molecule has 1 N–H and O–H groups in total. The van der Waals surface area contributed by atoms with Crippen LogP contribution in [0.5, 0.6) is 0 Å². The average Bonchev–Trinajstić information content (AvgIpc) is 2.52. The van der Waals surface area contributed by atoms with Gasteiger partial charge in [-0.3, -0.25) is 4.79 Å². The van der Waals surface area contributed by atoms with Crippen molar-refractivity contribution < 1.29 is 4.79 Å². The van der Waals surface area contributed by atoms with Gasteiger partial charge in [-0.1, -0.05) is 66.1 Å². The third kappa shape index (κ3) is 5.72. The Bertz CT molecular complexity index is 658. The molecule has 0 saturated carbocycles. The van der Waals surface area contributed by atoms with Crippen LogP contribution in [0.15, 0.2) is 42.5 Å². The first kappa shape index (κ1) is 18.6. The number of carbonyl (C=O) groups excluding carboxylic acids is 1. The van der Waals surface area contributed by atoms with Gasteiger partial charge in [-0.25, -0.2) is 0 Å². The van der Waals surface area contributed by atoms with Gasteiger partial charge in [0.1, 0.15) is 0 Å². The van der Waals surface area contributed by atoms with E-state index in [0.29, 0.717) is 5.75 Å². The number of aryl methyl sites for hydroxylation is 3. The summed E-state index contributed by atoms with van der Waals surface area (Å²) in [5, 5.41) is 3.15. The summed E-state index contributed by atoms with van der Waals surface area (Å²) >= 11 is 1.67. The quantitative estimate of drug-likeness (QED) is 0.758. The van der Waals surface area contributed by atoms with E-state index in [1.165, 1.54) is 27.8 Å². The highest BCUT2D eigenvalue weighted by Crippen LogP contribution is 2.19. The topological polar surface area (TPSA) is 29.1 Å². The SMILES string of the molecule is CC[C@@H](NC(=O)CSCc1cc(C)cc(C)c1)c1ccc(C)cc1. The maximum Gasteiger partial charge on any atom is 0.230 e. The Morgan fingerprint density at radius 3 is 2.21 bits per heavy atom. The number of hydrogen-bond donors (Lipinski definition) is 1. The molecule has 1 atom stereocenters. The van der Waals surface area contributed by atoms with Crippen molar-refractivity contribution in [2.45, 2.75) is 45.9 Å². The summed E-state index contributed by atoms with van der Waals surface area (Å²) in [5.74, 6) is 1.48. The molecule has 128 valence electrons. The summed E-state index contributed by atoms with van der Waals surface area (Å²) in [5.41, 5.74) is 6.26. The van der Waals surface area contributed by atoms with E-state index in [4.69, 9.17) is 0 Å². The molecule has 1 amide bonds. The molecular weight excluding hydrogens is 314 g/mol. The van der Waals surface area contributed by atoms with Gasteiger partial charge >= 0.3 is 0 Å². The fourth-order valence-electron chi connectivity index (χ4n) is 2.87. The predicted octanol–water partition coefficient (Wildman–Crippen LogP) is 5.11. The van der Waals surface area contributed by atoms with E-state index in [1.807, 2.05) is 0 Å². The average molecular weight is 342 g/mol. The molecule has 2 rings (SSSR count). The minimum Gasteiger partial charge on any atom is -0.349 e. The highest BCUT2D eigenvalue weighted by molar-refractivity contribution is 7.99. The molecule has 24 heavy (non-hydrogen) atoms. The molecule has 0 spiro atoms. The van der Waals surface area contributed by atoms with E-state index in [9.17, 15) is 4.79 Å². The highest BCUT2D eigenvalue weighted by Gasteiger charge is 2.12. The Morgan fingerprint density at radius 1 is 1.00 bits per heavy atom. The highest BCUT2D eigenvalue weighted by atomic mass is 32.2. The second-order valence-electron chi connectivity index (χ2n) is 6.43. The monoisotopic (exact) mass is 341 g/mol. The van der Waals surface area contributed by atoms with Crippen molar-refractivity contribution in [3.8, 4) is 0 Å². The lowest BCUT2D eigenvalue weighted by atomic mass is 10.0. The van der Waals surface area contributed by atoms with Crippen molar-refractivity contribution in [3.63, 3.8) is 0 Å². The van der Waals surface area contributed by atoms with Crippen molar-refractivity contribution in [2.24, 2.45) is 0 Å². The van der Waals surface area contributed by atoms with Crippen LogP contribution in [0, 0.1) is 20.8 Å². The van der Waals surface area contributed by atoms with Crippen LogP contribution in [0.4, 0.5) is 0 Å². The van der Waals surface area contributed by atoms with E-state index in [-0.39, 0.29) is 11.9 Å². The summed E-state index contributed by atoms with van der Waals surface area (Å²) in [6.07, 6.45) is 0.899. The zero-order valence-electron chi connectivity index (χ0n) is 15.1. The number of benzene rings is 2. The van der Waals surface area contributed by atoms with Gasteiger partial charge < -0.3 is 5.32 Å². The summed E-state index contributed by atoms with van der Waals surface area (Å²) in [6, 6.07) is 15.1.